The Hall–Kier alpha value is -2.37. The average Bonchev–Trinajstić information content (AvgIpc) is 2.79. The number of nitrogens with zero attached hydrogens (tertiary/aromatic N) is 1. The molecule has 0 spiro atoms. The smallest absolute Gasteiger partial charge is 0.310 e. The van der Waals surface area contributed by atoms with E-state index in [0.717, 1.165) is 42.8 Å². The normalized spacial score (nSPS) is 15.2. The van der Waals surface area contributed by atoms with Gasteiger partial charge in [-0.2, -0.15) is 0 Å². The third-order valence-electron chi connectivity index (χ3n) is 6.98. The van der Waals surface area contributed by atoms with Crippen molar-refractivity contribution in [2.45, 2.75) is 71.9 Å². The fourth-order valence-corrected chi connectivity index (χ4v) is 4.64. The van der Waals surface area contributed by atoms with E-state index >= 15 is 0 Å². The predicted octanol–water partition coefficient (Wildman–Crippen LogP) is 5.27. The number of ether oxygens (including phenoxy) is 1. The van der Waals surface area contributed by atoms with Crippen LogP contribution in [0, 0.1) is 11.8 Å². The third-order valence-corrected chi connectivity index (χ3v) is 6.98. The summed E-state index contributed by atoms with van der Waals surface area (Å²) in [5.74, 6) is 0.177. The Bertz CT molecular complexity index is 941. The van der Waals surface area contributed by atoms with Crippen LogP contribution in [0.15, 0.2) is 42.5 Å². The Labute approximate surface area is 205 Å². The van der Waals surface area contributed by atoms with Crippen LogP contribution in [0.5, 0.6) is 5.75 Å². The van der Waals surface area contributed by atoms with Gasteiger partial charge >= 0.3 is 5.97 Å². The Balaban J connectivity index is 2.19. The molecule has 2 aromatic carbocycles. The van der Waals surface area contributed by atoms with E-state index < -0.39 is 17.5 Å². The molecule has 5 nitrogen and oxygen atoms in total. The second-order valence-electron chi connectivity index (χ2n) is 10.3. The van der Waals surface area contributed by atoms with Crippen LogP contribution in [0.4, 0.5) is 0 Å². The van der Waals surface area contributed by atoms with Gasteiger partial charge in [0.15, 0.2) is 5.60 Å². The molecule has 2 rings (SSSR count). The Morgan fingerprint density at radius 2 is 1.82 bits per heavy atom. The second-order valence-corrected chi connectivity index (χ2v) is 10.3. The Morgan fingerprint density at radius 3 is 2.41 bits per heavy atom. The van der Waals surface area contributed by atoms with Crippen LogP contribution in [0.25, 0.3) is 0 Å². The molecule has 2 aromatic rings. The quantitative estimate of drug-likeness (QED) is 0.405. The Kier molecular flexibility index (Phi) is 10.1. The number of hydrogen-bond donors (Lipinski definition) is 1. The number of aliphatic carboxylic acids is 1. The zero-order valence-electron chi connectivity index (χ0n) is 22.0. The lowest BCUT2D eigenvalue weighted by Gasteiger charge is -2.32. The SMILES string of the molecule is CC[C@]([OH2+])(Cc1cccc(OC)c1)[C@H](C)CN(C)Cc1cc(C(C)C(=O)O)ccc1CC(C)C. The van der Waals surface area contributed by atoms with E-state index in [-0.39, 0.29) is 5.92 Å². The van der Waals surface area contributed by atoms with Crippen molar-refractivity contribution in [2.24, 2.45) is 11.8 Å². The molecule has 0 amide bonds. The highest BCUT2D eigenvalue weighted by Crippen LogP contribution is 2.29. The topological polar surface area (TPSA) is 72.7 Å². The summed E-state index contributed by atoms with van der Waals surface area (Å²) in [7, 11) is 3.77. The number of carboxylic acids is 1. The van der Waals surface area contributed by atoms with Gasteiger partial charge in [-0.25, -0.2) is 0 Å². The highest BCUT2D eigenvalue weighted by atomic mass is 16.5. The minimum atomic E-state index is -0.802. The van der Waals surface area contributed by atoms with Crippen LogP contribution >= 0.6 is 0 Å². The maximum Gasteiger partial charge on any atom is 0.310 e. The summed E-state index contributed by atoms with van der Waals surface area (Å²) in [4.78, 5) is 13.8. The number of methoxy groups -OCH3 is 1. The highest BCUT2D eigenvalue weighted by molar-refractivity contribution is 5.75. The van der Waals surface area contributed by atoms with Gasteiger partial charge in [0.05, 0.1) is 13.0 Å². The molecule has 0 aromatic heterocycles. The molecule has 3 N–H and O–H groups in total. The first-order valence-corrected chi connectivity index (χ1v) is 12.4. The summed E-state index contributed by atoms with van der Waals surface area (Å²) >= 11 is 0. The number of carbonyl (C=O) groups is 1. The maximum atomic E-state index is 11.5. The number of carboxylic acid groups (broad SMARTS) is 1. The number of benzene rings is 2. The molecule has 5 heteroatoms. The van der Waals surface area contributed by atoms with Crippen molar-refractivity contribution in [2.75, 3.05) is 20.7 Å². The molecule has 0 radical (unpaired) electrons. The second kappa shape index (κ2) is 12.4. The first-order chi connectivity index (χ1) is 16.0. The summed E-state index contributed by atoms with van der Waals surface area (Å²) in [5, 5.41) is 18.7. The van der Waals surface area contributed by atoms with E-state index in [1.807, 2.05) is 24.3 Å². The first-order valence-electron chi connectivity index (χ1n) is 12.4. The van der Waals surface area contributed by atoms with Gasteiger partial charge < -0.3 is 19.8 Å². The van der Waals surface area contributed by atoms with Crippen molar-refractivity contribution in [1.29, 1.82) is 0 Å². The molecule has 0 bridgehead atoms. The number of rotatable bonds is 13. The van der Waals surface area contributed by atoms with Crippen LogP contribution in [0.3, 0.4) is 0 Å². The molecule has 188 valence electrons. The maximum absolute atomic E-state index is 11.5. The van der Waals surface area contributed by atoms with Crippen LogP contribution < -0.4 is 4.74 Å². The fourth-order valence-electron chi connectivity index (χ4n) is 4.64. The minimum absolute atomic E-state index is 0.156. The summed E-state index contributed by atoms with van der Waals surface area (Å²) in [6.07, 6.45) is 2.41. The molecule has 0 heterocycles. The van der Waals surface area contributed by atoms with Gasteiger partial charge in [-0.1, -0.05) is 58.0 Å². The van der Waals surface area contributed by atoms with Crippen LogP contribution in [-0.2, 0) is 24.2 Å². The van der Waals surface area contributed by atoms with Crippen molar-refractivity contribution in [3.8, 4) is 5.75 Å². The molecule has 1 unspecified atom stereocenters. The van der Waals surface area contributed by atoms with Crippen LogP contribution in [0.2, 0.25) is 0 Å². The summed E-state index contributed by atoms with van der Waals surface area (Å²) < 4.78 is 5.37. The van der Waals surface area contributed by atoms with Gasteiger partial charge in [0, 0.05) is 31.8 Å². The molecule has 0 fully saturated rings. The Morgan fingerprint density at radius 1 is 1.12 bits per heavy atom. The van der Waals surface area contributed by atoms with Crippen LogP contribution in [0.1, 0.15) is 69.2 Å². The lowest BCUT2D eigenvalue weighted by molar-refractivity contribution is -0.138. The van der Waals surface area contributed by atoms with Crippen molar-refractivity contribution < 1.29 is 19.7 Å². The molecule has 3 atom stereocenters. The first kappa shape index (κ1) is 27.9. The molecular formula is C29H44NO4+. The largest absolute Gasteiger partial charge is 0.497 e. The van der Waals surface area contributed by atoms with Crippen molar-refractivity contribution >= 4 is 5.97 Å². The van der Waals surface area contributed by atoms with Crippen molar-refractivity contribution in [3.05, 3.63) is 64.7 Å². The third kappa shape index (κ3) is 7.57. The zero-order chi connectivity index (χ0) is 25.5. The number of hydrogen-bond acceptors (Lipinski definition) is 3. The summed E-state index contributed by atoms with van der Waals surface area (Å²) in [6, 6.07) is 14.2. The molecular weight excluding hydrogens is 426 g/mol. The standard InChI is InChI=1S/C29H43NO4/c1-8-29(33,17-23-10-9-11-27(15-23)34-7)21(4)18-30(6)19-26-16-24(22(5)28(31)32)12-13-25(26)14-20(2)3/h9-13,15-16,20-22,33H,8,14,17-19H2,1-7H3,(H,31,32)/p+1/t21-,22?,29+/m1/s1. The van der Waals surface area contributed by atoms with Gasteiger partial charge in [-0.15, -0.1) is 0 Å². The van der Waals surface area contributed by atoms with Crippen molar-refractivity contribution in [1.82, 2.24) is 4.90 Å². The highest BCUT2D eigenvalue weighted by Gasteiger charge is 2.38. The molecule has 0 aliphatic heterocycles. The zero-order valence-corrected chi connectivity index (χ0v) is 22.0. The van der Waals surface area contributed by atoms with Gasteiger partial charge in [0.25, 0.3) is 0 Å². The molecule has 0 saturated heterocycles. The van der Waals surface area contributed by atoms with Gasteiger partial charge in [-0.3, -0.25) is 4.79 Å². The van der Waals surface area contributed by atoms with E-state index in [9.17, 15) is 15.0 Å². The van der Waals surface area contributed by atoms with Gasteiger partial charge in [0.2, 0.25) is 0 Å². The van der Waals surface area contributed by atoms with Gasteiger partial charge in [0.1, 0.15) is 5.75 Å². The monoisotopic (exact) mass is 470 g/mol. The van der Waals surface area contributed by atoms with Crippen LogP contribution in [-0.4, -0.2) is 47.4 Å². The van der Waals surface area contributed by atoms with E-state index in [1.54, 1.807) is 14.0 Å². The predicted molar refractivity (Wildman–Crippen MR) is 140 cm³/mol. The van der Waals surface area contributed by atoms with Crippen molar-refractivity contribution in [3.63, 3.8) is 0 Å². The lowest BCUT2D eigenvalue weighted by atomic mass is 9.80. The van der Waals surface area contributed by atoms with Gasteiger partial charge in [-0.05, 0) is 60.7 Å². The summed E-state index contributed by atoms with van der Waals surface area (Å²) in [6.45, 7) is 12.0. The van der Waals surface area contributed by atoms with E-state index in [4.69, 9.17) is 4.74 Å². The molecule has 0 aliphatic rings. The summed E-state index contributed by atoms with van der Waals surface area (Å²) in [5.41, 5.74) is 3.85. The molecule has 0 aliphatic carbocycles. The molecule has 34 heavy (non-hydrogen) atoms. The average molecular weight is 471 g/mol. The van der Waals surface area contributed by atoms with E-state index in [2.05, 4.69) is 57.8 Å². The lowest BCUT2D eigenvalue weighted by Crippen LogP contribution is -2.43. The van der Waals surface area contributed by atoms with E-state index in [1.165, 1.54) is 11.1 Å². The van der Waals surface area contributed by atoms with E-state index in [0.29, 0.717) is 12.3 Å². The fraction of sp³-hybridized carbons (Fsp3) is 0.552. The molecule has 0 saturated carbocycles. The minimum Gasteiger partial charge on any atom is -0.497 e.